The summed E-state index contributed by atoms with van der Waals surface area (Å²) in [6.45, 7) is -0.163. The van der Waals surface area contributed by atoms with Gasteiger partial charge in [0.2, 0.25) is 5.91 Å². The van der Waals surface area contributed by atoms with E-state index in [4.69, 9.17) is 27.9 Å². The highest BCUT2D eigenvalue weighted by Gasteiger charge is 2.42. The first-order valence-corrected chi connectivity index (χ1v) is 10.9. The molecule has 33 heavy (non-hydrogen) atoms. The molecule has 0 radical (unpaired) electrons. The summed E-state index contributed by atoms with van der Waals surface area (Å²) < 4.78 is 6.44. The number of nitrogens with one attached hydrogen (secondary N) is 2. The summed E-state index contributed by atoms with van der Waals surface area (Å²) in [4.78, 5) is 15.7. The number of ether oxygens (including phenoxy) is 1. The zero-order valence-corrected chi connectivity index (χ0v) is 18.7. The zero-order chi connectivity index (χ0) is 23.0. The number of benzene rings is 3. The lowest BCUT2D eigenvalue weighted by Crippen LogP contribution is -2.33. The zero-order valence-electron chi connectivity index (χ0n) is 17.2. The molecule has 0 bridgehead atoms. The molecule has 0 aliphatic carbocycles. The molecule has 0 saturated heterocycles. The number of carbonyl (C=O) groups excluding carboxylic acids is 1. The van der Waals surface area contributed by atoms with Gasteiger partial charge in [0.15, 0.2) is 0 Å². The Labute approximate surface area is 200 Å². The number of aromatic nitrogens is 1. The van der Waals surface area contributed by atoms with Gasteiger partial charge in [-0.1, -0.05) is 53.5 Å². The molecule has 1 aliphatic heterocycles. The van der Waals surface area contributed by atoms with Crippen LogP contribution in [0.4, 0.5) is 5.69 Å². The second-order valence-electron chi connectivity index (χ2n) is 7.70. The van der Waals surface area contributed by atoms with Crippen molar-refractivity contribution in [1.82, 2.24) is 4.98 Å². The SMILES string of the molecule is N#Cc1ccc(-c2ccc3c(c2)C(c2cccc(Cl)c2)(c2cccc(Cl)c2)OCC(=O)N3)[nH]1. The van der Waals surface area contributed by atoms with Crippen LogP contribution in [0.3, 0.4) is 0 Å². The minimum absolute atomic E-state index is 0.163. The molecule has 4 aromatic rings. The van der Waals surface area contributed by atoms with Crippen molar-refractivity contribution in [2.45, 2.75) is 5.60 Å². The standard InChI is InChI=1S/C26H17Cl2N3O2/c27-19-5-1-3-17(12-19)26(18-4-2-6-20(28)13-18)22-11-16(23-10-8-21(14-29)30-23)7-9-24(22)31-25(32)15-33-26/h1-13,30H,15H2,(H,31,32). The average Bonchev–Trinajstić information content (AvgIpc) is 3.24. The first kappa shape index (κ1) is 21.3. The molecule has 3 aromatic carbocycles. The lowest BCUT2D eigenvalue weighted by atomic mass is 9.78. The Hall–Kier alpha value is -3.56. The van der Waals surface area contributed by atoms with Crippen LogP contribution in [-0.2, 0) is 15.1 Å². The molecule has 1 aliphatic rings. The summed E-state index contributed by atoms with van der Waals surface area (Å²) in [6, 6.07) is 26.1. The molecule has 2 heterocycles. The molecule has 1 amide bonds. The summed E-state index contributed by atoms with van der Waals surface area (Å²) in [5.41, 5.74) is 3.77. The Bertz CT molecular complexity index is 1380. The van der Waals surface area contributed by atoms with Gasteiger partial charge in [0.25, 0.3) is 0 Å². The lowest BCUT2D eigenvalue weighted by Gasteiger charge is -2.35. The number of fused-ring (bicyclic) bond motifs is 1. The quantitative estimate of drug-likeness (QED) is 0.376. The molecule has 5 nitrogen and oxygen atoms in total. The van der Waals surface area contributed by atoms with E-state index in [-0.39, 0.29) is 12.5 Å². The van der Waals surface area contributed by atoms with E-state index in [1.807, 2.05) is 60.7 Å². The number of nitriles is 1. The van der Waals surface area contributed by atoms with Crippen LogP contribution in [0.15, 0.2) is 78.9 Å². The van der Waals surface area contributed by atoms with Crippen LogP contribution in [0.25, 0.3) is 11.3 Å². The summed E-state index contributed by atoms with van der Waals surface area (Å²) in [5.74, 6) is -0.262. The van der Waals surface area contributed by atoms with Gasteiger partial charge in [-0.3, -0.25) is 4.79 Å². The van der Waals surface area contributed by atoms with Gasteiger partial charge in [0, 0.05) is 27.0 Å². The number of anilines is 1. The van der Waals surface area contributed by atoms with Crippen molar-refractivity contribution in [3.05, 3.63) is 111 Å². The first-order valence-electron chi connectivity index (χ1n) is 10.2. The van der Waals surface area contributed by atoms with Gasteiger partial charge in [0.1, 0.15) is 24.0 Å². The highest BCUT2D eigenvalue weighted by molar-refractivity contribution is 6.31. The molecular weight excluding hydrogens is 457 g/mol. The molecule has 7 heteroatoms. The van der Waals surface area contributed by atoms with E-state index in [0.29, 0.717) is 21.4 Å². The van der Waals surface area contributed by atoms with Crippen LogP contribution in [0.2, 0.25) is 10.0 Å². The monoisotopic (exact) mass is 473 g/mol. The number of H-pyrrole nitrogens is 1. The van der Waals surface area contributed by atoms with Crippen LogP contribution in [0.1, 0.15) is 22.4 Å². The predicted octanol–water partition coefficient (Wildman–Crippen LogP) is 6.12. The molecule has 2 N–H and O–H groups in total. The fourth-order valence-electron chi connectivity index (χ4n) is 4.24. The Morgan fingerprint density at radius 3 is 2.21 bits per heavy atom. The maximum atomic E-state index is 12.6. The van der Waals surface area contributed by atoms with Crippen molar-refractivity contribution in [2.24, 2.45) is 0 Å². The Balaban J connectivity index is 1.84. The third-order valence-electron chi connectivity index (χ3n) is 5.67. The van der Waals surface area contributed by atoms with Gasteiger partial charge >= 0.3 is 0 Å². The molecular formula is C26H17Cl2N3O2. The molecule has 0 atom stereocenters. The second kappa shape index (κ2) is 8.42. The number of aromatic amines is 1. The number of halogens is 2. The minimum atomic E-state index is -1.16. The van der Waals surface area contributed by atoms with Crippen molar-refractivity contribution < 1.29 is 9.53 Å². The maximum absolute atomic E-state index is 12.6. The summed E-state index contributed by atoms with van der Waals surface area (Å²) in [5, 5.41) is 13.3. The normalized spacial score (nSPS) is 14.6. The van der Waals surface area contributed by atoms with Gasteiger partial charge in [0.05, 0.1) is 0 Å². The van der Waals surface area contributed by atoms with Crippen LogP contribution < -0.4 is 5.32 Å². The molecule has 5 rings (SSSR count). The second-order valence-corrected chi connectivity index (χ2v) is 8.57. The van der Waals surface area contributed by atoms with Crippen molar-refractivity contribution in [2.75, 3.05) is 11.9 Å². The van der Waals surface area contributed by atoms with E-state index in [1.54, 1.807) is 18.2 Å². The largest absolute Gasteiger partial charge is 0.351 e. The smallest absolute Gasteiger partial charge is 0.250 e. The Morgan fingerprint density at radius 1 is 0.909 bits per heavy atom. The molecule has 162 valence electrons. The van der Waals surface area contributed by atoms with E-state index in [1.165, 1.54) is 0 Å². The van der Waals surface area contributed by atoms with Crippen LogP contribution >= 0.6 is 23.2 Å². The van der Waals surface area contributed by atoms with Crippen molar-refractivity contribution >= 4 is 34.8 Å². The Kier molecular flexibility index (Phi) is 5.43. The number of amides is 1. The van der Waals surface area contributed by atoms with Gasteiger partial charge in [-0.2, -0.15) is 5.26 Å². The number of hydrogen-bond donors (Lipinski definition) is 2. The highest BCUT2D eigenvalue weighted by Crippen LogP contribution is 2.47. The average molecular weight is 474 g/mol. The molecule has 0 fully saturated rings. The lowest BCUT2D eigenvalue weighted by molar-refractivity contribution is -0.123. The Morgan fingerprint density at radius 2 is 1.61 bits per heavy atom. The molecule has 0 unspecified atom stereocenters. The van der Waals surface area contributed by atoms with Gasteiger partial charge in [-0.15, -0.1) is 0 Å². The summed E-state index contributed by atoms with van der Waals surface area (Å²) in [6.07, 6.45) is 0. The van der Waals surface area contributed by atoms with E-state index >= 15 is 0 Å². The van der Waals surface area contributed by atoms with Crippen LogP contribution in [-0.4, -0.2) is 17.5 Å². The fourth-order valence-corrected chi connectivity index (χ4v) is 4.62. The predicted molar refractivity (Wildman–Crippen MR) is 128 cm³/mol. The number of rotatable bonds is 3. The van der Waals surface area contributed by atoms with Gasteiger partial charge < -0.3 is 15.0 Å². The van der Waals surface area contributed by atoms with Crippen molar-refractivity contribution in [3.8, 4) is 17.3 Å². The third kappa shape index (κ3) is 3.79. The van der Waals surface area contributed by atoms with E-state index in [0.717, 1.165) is 27.9 Å². The molecule has 0 saturated carbocycles. The van der Waals surface area contributed by atoms with Gasteiger partial charge in [-0.25, -0.2) is 0 Å². The number of carbonyl (C=O) groups is 1. The van der Waals surface area contributed by atoms with Crippen molar-refractivity contribution in [3.63, 3.8) is 0 Å². The third-order valence-corrected chi connectivity index (χ3v) is 6.14. The van der Waals surface area contributed by atoms with E-state index < -0.39 is 5.60 Å². The first-order chi connectivity index (χ1) is 16.0. The fraction of sp³-hybridized carbons (Fsp3) is 0.0769. The van der Waals surface area contributed by atoms with Gasteiger partial charge in [-0.05, 0) is 65.2 Å². The van der Waals surface area contributed by atoms with Crippen molar-refractivity contribution in [1.29, 1.82) is 5.26 Å². The summed E-state index contributed by atoms with van der Waals surface area (Å²) in [7, 11) is 0. The van der Waals surface area contributed by atoms with Crippen LogP contribution in [0.5, 0.6) is 0 Å². The molecule has 1 aromatic heterocycles. The van der Waals surface area contributed by atoms with Crippen LogP contribution in [0, 0.1) is 11.3 Å². The maximum Gasteiger partial charge on any atom is 0.250 e. The molecule has 0 spiro atoms. The highest BCUT2D eigenvalue weighted by atomic mass is 35.5. The number of hydrogen-bond acceptors (Lipinski definition) is 3. The summed E-state index contributed by atoms with van der Waals surface area (Å²) >= 11 is 12.8. The minimum Gasteiger partial charge on any atom is -0.351 e. The topological polar surface area (TPSA) is 77.9 Å². The van der Waals surface area contributed by atoms with E-state index in [9.17, 15) is 10.1 Å². The van der Waals surface area contributed by atoms with E-state index in [2.05, 4.69) is 16.4 Å². The number of nitrogens with zero attached hydrogens (tertiary/aromatic N) is 1.